The molecule has 2 atom stereocenters. The maximum absolute atomic E-state index is 5.53. The Hall–Kier alpha value is -0.670. The van der Waals surface area contributed by atoms with Crippen LogP contribution in [0.25, 0.3) is 0 Å². The number of rotatable bonds is 5. The highest BCUT2D eigenvalue weighted by atomic mass is 32.2. The van der Waals surface area contributed by atoms with E-state index in [4.69, 9.17) is 4.74 Å². The van der Waals surface area contributed by atoms with Gasteiger partial charge in [0, 0.05) is 10.3 Å². The summed E-state index contributed by atoms with van der Waals surface area (Å²) in [5, 5.41) is 3.66. The highest BCUT2D eigenvalue weighted by Gasteiger charge is 2.39. The maximum atomic E-state index is 5.53. The van der Waals surface area contributed by atoms with Gasteiger partial charge in [-0.15, -0.1) is 0 Å². The molecule has 1 aromatic rings. The van der Waals surface area contributed by atoms with Crippen LogP contribution in [-0.2, 0) is 0 Å². The van der Waals surface area contributed by atoms with E-state index in [1.165, 1.54) is 24.2 Å². The molecule has 0 spiro atoms. The van der Waals surface area contributed by atoms with E-state index in [1.54, 1.807) is 7.11 Å². The molecule has 18 heavy (non-hydrogen) atoms. The second-order valence-corrected chi connectivity index (χ2v) is 6.63. The average molecular weight is 265 g/mol. The van der Waals surface area contributed by atoms with E-state index in [0.29, 0.717) is 6.04 Å². The number of thioether (sulfide) groups is 1. The van der Waals surface area contributed by atoms with Gasteiger partial charge in [-0.25, -0.2) is 0 Å². The van der Waals surface area contributed by atoms with Crippen molar-refractivity contribution >= 4 is 11.8 Å². The van der Waals surface area contributed by atoms with Gasteiger partial charge in [0.25, 0.3) is 0 Å². The highest BCUT2D eigenvalue weighted by Crippen LogP contribution is 2.48. The van der Waals surface area contributed by atoms with Crippen LogP contribution < -0.4 is 10.1 Å². The van der Waals surface area contributed by atoms with Crippen LogP contribution in [0.3, 0.4) is 0 Å². The zero-order valence-corrected chi connectivity index (χ0v) is 12.3. The largest absolute Gasteiger partial charge is 0.496 e. The van der Waals surface area contributed by atoms with Crippen molar-refractivity contribution in [1.29, 1.82) is 0 Å². The van der Waals surface area contributed by atoms with Crippen LogP contribution in [0.4, 0.5) is 0 Å². The first-order valence-corrected chi connectivity index (χ1v) is 7.70. The lowest BCUT2D eigenvalue weighted by Gasteiger charge is -2.35. The van der Waals surface area contributed by atoms with Gasteiger partial charge in [-0.3, -0.25) is 0 Å². The SMILES string of the molecule is CCNC(c1ccccc1OC)C1(C)CCCS1. The summed E-state index contributed by atoms with van der Waals surface area (Å²) in [6, 6.07) is 8.76. The zero-order valence-electron chi connectivity index (χ0n) is 11.5. The molecule has 0 amide bonds. The number of para-hydroxylation sites is 1. The second kappa shape index (κ2) is 5.98. The fourth-order valence-corrected chi connectivity index (χ4v) is 4.21. The molecule has 0 radical (unpaired) electrons. The summed E-state index contributed by atoms with van der Waals surface area (Å²) < 4.78 is 5.81. The number of methoxy groups -OCH3 is 1. The van der Waals surface area contributed by atoms with Gasteiger partial charge in [-0.2, -0.15) is 11.8 Å². The summed E-state index contributed by atoms with van der Waals surface area (Å²) in [4.78, 5) is 0. The Morgan fingerprint density at radius 1 is 1.44 bits per heavy atom. The topological polar surface area (TPSA) is 21.3 Å². The summed E-state index contributed by atoms with van der Waals surface area (Å²) in [6.45, 7) is 5.54. The van der Waals surface area contributed by atoms with Gasteiger partial charge in [0.05, 0.1) is 13.2 Å². The first-order valence-electron chi connectivity index (χ1n) is 6.71. The number of hydrogen-bond donors (Lipinski definition) is 1. The van der Waals surface area contributed by atoms with Crippen molar-refractivity contribution in [2.75, 3.05) is 19.4 Å². The van der Waals surface area contributed by atoms with Gasteiger partial charge in [-0.1, -0.05) is 25.1 Å². The van der Waals surface area contributed by atoms with E-state index >= 15 is 0 Å². The lowest BCUT2D eigenvalue weighted by Crippen LogP contribution is -2.37. The average Bonchev–Trinajstić information content (AvgIpc) is 2.84. The Morgan fingerprint density at radius 2 is 2.22 bits per heavy atom. The van der Waals surface area contributed by atoms with Gasteiger partial charge in [0.1, 0.15) is 5.75 Å². The number of ether oxygens (including phenoxy) is 1. The molecule has 2 unspecified atom stereocenters. The predicted molar refractivity (Wildman–Crippen MR) is 79.5 cm³/mol. The Morgan fingerprint density at radius 3 is 2.83 bits per heavy atom. The predicted octanol–water partition coefficient (Wildman–Crippen LogP) is 3.63. The summed E-state index contributed by atoms with van der Waals surface area (Å²) >= 11 is 2.09. The molecule has 1 N–H and O–H groups in total. The summed E-state index contributed by atoms with van der Waals surface area (Å²) in [5.74, 6) is 2.27. The van der Waals surface area contributed by atoms with E-state index in [1.807, 2.05) is 6.07 Å². The molecule has 1 aliphatic heterocycles. The van der Waals surface area contributed by atoms with Crippen LogP contribution in [-0.4, -0.2) is 24.2 Å². The molecule has 2 nitrogen and oxygen atoms in total. The lowest BCUT2D eigenvalue weighted by atomic mass is 9.89. The minimum absolute atomic E-state index is 0.282. The van der Waals surface area contributed by atoms with Gasteiger partial charge in [-0.05, 0) is 38.1 Å². The molecule has 1 fully saturated rings. The van der Waals surface area contributed by atoms with E-state index < -0.39 is 0 Å². The van der Waals surface area contributed by atoms with Crippen LogP contribution in [0, 0.1) is 0 Å². The van der Waals surface area contributed by atoms with Crippen molar-refractivity contribution in [3.63, 3.8) is 0 Å². The molecule has 0 saturated carbocycles. The molecular formula is C15H23NOS. The first-order chi connectivity index (χ1) is 8.71. The van der Waals surface area contributed by atoms with Crippen molar-refractivity contribution in [2.24, 2.45) is 0 Å². The lowest BCUT2D eigenvalue weighted by molar-refractivity contribution is 0.375. The Bertz CT molecular complexity index is 388. The molecule has 2 rings (SSSR count). The molecule has 1 aliphatic rings. The van der Waals surface area contributed by atoms with E-state index in [-0.39, 0.29) is 4.75 Å². The van der Waals surface area contributed by atoms with Crippen molar-refractivity contribution in [3.8, 4) is 5.75 Å². The first kappa shape index (κ1) is 13.8. The van der Waals surface area contributed by atoms with Crippen LogP contribution in [0.2, 0.25) is 0 Å². The van der Waals surface area contributed by atoms with E-state index in [2.05, 4.69) is 49.1 Å². The van der Waals surface area contributed by atoms with Crippen molar-refractivity contribution < 1.29 is 4.74 Å². The van der Waals surface area contributed by atoms with Crippen LogP contribution in [0.5, 0.6) is 5.75 Å². The van der Waals surface area contributed by atoms with Crippen molar-refractivity contribution in [1.82, 2.24) is 5.32 Å². The minimum atomic E-state index is 0.282. The Kier molecular flexibility index (Phi) is 4.57. The monoisotopic (exact) mass is 265 g/mol. The van der Waals surface area contributed by atoms with E-state index in [9.17, 15) is 0 Å². The molecule has 0 aromatic heterocycles. The van der Waals surface area contributed by atoms with Crippen LogP contribution in [0.1, 0.15) is 38.3 Å². The molecule has 3 heteroatoms. The van der Waals surface area contributed by atoms with Gasteiger partial charge in [0.15, 0.2) is 0 Å². The number of nitrogens with one attached hydrogen (secondary N) is 1. The summed E-state index contributed by atoms with van der Waals surface area (Å²) in [6.07, 6.45) is 2.59. The third kappa shape index (κ3) is 2.67. The van der Waals surface area contributed by atoms with Crippen LogP contribution >= 0.6 is 11.8 Å². The normalized spacial score (nSPS) is 25.1. The Balaban J connectivity index is 2.34. The van der Waals surface area contributed by atoms with Gasteiger partial charge >= 0.3 is 0 Å². The zero-order chi connectivity index (χ0) is 13.0. The minimum Gasteiger partial charge on any atom is -0.496 e. The summed E-state index contributed by atoms with van der Waals surface area (Å²) in [7, 11) is 1.76. The molecule has 1 heterocycles. The fraction of sp³-hybridized carbons (Fsp3) is 0.600. The molecule has 100 valence electrons. The quantitative estimate of drug-likeness (QED) is 0.878. The van der Waals surface area contributed by atoms with Crippen molar-refractivity contribution in [2.45, 2.75) is 37.5 Å². The number of hydrogen-bond acceptors (Lipinski definition) is 3. The molecule has 0 aliphatic carbocycles. The smallest absolute Gasteiger partial charge is 0.123 e. The standard InChI is InChI=1S/C15H23NOS/c1-4-16-14(15(2)10-7-11-18-15)12-8-5-6-9-13(12)17-3/h5-6,8-9,14,16H,4,7,10-11H2,1-3H3. The second-order valence-electron chi connectivity index (χ2n) is 5.00. The molecule has 1 saturated heterocycles. The Labute approximate surface area is 114 Å². The highest BCUT2D eigenvalue weighted by molar-refractivity contribution is 8.00. The third-order valence-corrected chi connectivity index (χ3v) is 5.31. The van der Waals surface area contributed by atoms with E-state index in [0.717, 1.165) is 12.3 Å². The van der Waals surface area contributed by atoms with Crippen molar-refractivity contribution in [3.05, 3.63) is 29.8 Å². The van der Waals surface area contributed by atoms with Crippen LogP contribution in [0.15, 0.2) is 24.3 Å². The molecule has 1 aromatic carbocycles. The maximum Gasteiger partial charge on any atom is 0.123 e. The molecule has 0 bridgehead atoms. The molecular weight excluding hydrogens is 242 g/mol. The number of benzene rings is 1. The fourth-order valence-electron chi connectivity index (χ4n) is 2.79. The third-order valence-electron chi connectivity index (χ3n) is 3.72. The van der Waals surface area contributed by atoms with Gasteiger partial charge < -0.3 is 10.1 Å². The summed E-state index contributed by atoms with van der Waals surface area (Å²) in [5.41, 5.74) is 1.29. The van der Waals surface area contributed by atoms with Gasteiger partial charge in [0.2, 0.25) is 0 Å².